The van der Waals surface area contributed by atoms with E-state index in [1.165, 1.54) is 11.3 Å². The maximum absolute atomic E-state index is 11.7. The Morgan fingerprint density at radius 2 is 2.35 bits per heavy atom. The van der Waals surface area contributed by atoms with Crippen LogP contribution in [-0.4, -0.2) is 28.0 Å². The second-order valence-corrected chi connectivity index (χ2v) is 4.45. The number of aromatic nitrogens is 1. The molecule has 0 aliphatic heterocycles. The van der Waals surface area contributed by atoms with E-state index in [2.05, 4.69) is 10.3 Å². The van der Waals surface area contributed by atoms with Gasteiger partial charge in [-0.25, -0.2) is 4.98 Å². The third-order valence-electron chi connectivity index (χ3n) is 2.21. The Bertz CT molecular complexity index is 405. The zero-order valence-electron chi connectivity index (χ0n) is 9.47. The number of carbonyl (C=O) groups excluding carboxylic acids is 1. The summed E-state index contributed by atoms with van der Waals surface area (Å²) < 4.78 is 0. The Morgan fingerprint density at radius 1 is 1.65 bits per heavy atom. The monoisotopic (exact) mass is 257 g/mol. The Kier molecular flexibility index (Phi) is 5.05. The molecule has 1 atom stereocenters. The van der Waals surface area contributed by atoms with Crippen LogP contribution in [0.3, 0.4) is 0 Å². The molecule has 0 fully saturated rings. The van der Waals surface area contributed by atoms with Gasteiger partial charge in [-0.3, -0.25) is 9.59 Å². The zero-order chi connectivity index (χ0) is 12.8. The standard InChI is InChI=1S/C10H15N3O3S/c1-2-6(3-9(14)15)12-10(16)7-5-17-8(4-11)13-7/h5-6H,2-4,11H2,1H3,(H,12,16)(H,14,15). The van der Waals surface area contributed by atoms with Gasteiger partial charge in [0.15, 0.2) is 0 Å². The fourth-order valence-corrected chi connectivity index (χ4v) is 1.93. The van der Waals surface area contributed by atoms with Crippen molar-refractivity contribution in [1.29, 1.82) is 0 Å². The number of carboxylic acids is 1. The highest BCUT2D eigenvalue weighted by molar-refractivity contribution is 7.09. The quantitative estimate of drug-likeness (QED) is 0.691. The lowest BCUT2D eigenvalue weighted by molar-refractivity contribution is -0.137. The van der Waals surface area contributed by atoms with Gasteiger partial charge in [0.1, 0.15) is 10.7 Å². The summed E-state index contributed by atoms with van der Waals surface area (Å²) in [6, 6.07) is -0.372. The first kappa shape index (κ1) is 13.6. The molecule has 7 heteroatoms. The lowest BCUT2D eigenvalue weighted by Crippen LogP contribution is -2.36. The number of nitrogens with zero attached hydrogens (tertiary/aromatic N) is 1. The normalized spacial score (nSPS) is 12.1. The summed E-state index contributed by atoms with van der Waals surface area (Å²) >= 11 is 1.31. The molecule has 1 unspecified atom stereocenters. The Morgan fingerprint density at radius 3 is 2.82 bits per heavy atom. The summed E-state index contributed by atoms with van der Waals surface area (Å²) in [7, 11) is 0. The number of thiazole rings is 1. The number of hydrogen-bond acceptors (Lipinski definition) is 5. The predicted molar refractivity (Wildman–Crippen MR) is 63.8 cm³/mol. The van der Waals surface area contributed by atoms with Gasteiger partial charge in [0.25, 0.3) is 5.91 Å². The summed E-state index contributed by atoms with van der Waals surface area (Å²) in [5, 5.41) is 13.6. The number of nitrogens with two attached hydrogens (primary N) is 1. The van der Waals surface area contributed by atoms with Crippen LogP contribution in [0.4, 0.5) is 0 Å². The molecule has 0 radical (unpaired) electrons. The van der Waals surface area contributed by atoms with E-state index in [0.717, 1.165) is 0 Å². The van der Waals surface area contributed by atoms with Gasteiger partial charge in [-0.2, -0.15) is 0 Å². The van der Waals surface area contributed by atoms with Gasteiger partial charge in [-0.15, -0.1) is 11.3 Å². The minimum Gasteiger partial charge on any atom is -0.481 e. The molecule has 0 aliphatic rings. The molecule has 0 aliphatic carbocycles. The molecule has 1 aromatic rings. The van der Waals surface area contributed by atoms with Crippen molar-refractivity contribution in [2.24, 2.45) is 5.73 Å². The molecule has 17 heavy (non-hydrogen) atoms. The molecule has 0 saturated heterocycles. The van der Waals surface area contributed by atoms with Crippen LogP contribution in [0.1, 0.15) is 35.3 Å². The van der Waals surface area contributed by atoms with Crippen molar-refractivity contribution in [3.63, 3.8) is 0 Å². The largest absolute Gasteiger partial charge is 0.481 e. The zero-order valence-corrected chi connectivity index (χ0v) is 10.3. The third-order valence-corrected chi connectivity index (χ3v) is 3.08. The van der Waals surface area contributed by atoms with Gasteiger partial charge in [0.05, 0.1) is 6.42 Å². The van der Waals surface area contributed by atoms with Crippen LogP contribution in [0.5, 0.6) is 0 Å². The summed E-state index contributed by atoms with van der Waals surface area (Å²) in [6.45, 7) is 2.12. The molecule has 0 saturated carbocycles. The molecular weight excluding hydrogens is 242 g/mol. The fourth-order valence-electron chi connectivity index (χ4n) is 1.28. The number of aliphatic carboxylic acids is 1. The predicted octanol–water partition coefficient (Wildman–Crippen LogP) is 0.585. The van der Waals surface area contributed by atoms with Crippen LogP contribution in [0.2, 0.25) is 0 Å². The lowest BCUT2D eigenvalue weighted by atomic mass is 10.1. The van der Waals surface area contributed by atoms with Gasteiger partial charge in [-0.05, 0) is 6.42 Å². The molecule has 0 spiro atoms. The van der Waals surface area contributed by atoms with Crippen LogP contribution in [0, 0.1) is 0 Å². The Hall–Kier alpha value is -1.47. The molecule has 1 amide bonds. The number of carbonyl (C=O) groups is 2. The fraction of sp³-hybridized carbons (Fsp3) is 0.500. The highest BCUT2D eigenvalue weighted by Crippen LogP contribution is 2.09. The highest BCUT2D eigenvalue weighted by atomic mass is 32.1. The van der Waals surface area contributed by atoms with Crippen LogP contribution in [-0.2, 0) is 11.3 Å². The van der Waals surface area contributed by atoms with E-state index in [4.69, 9.17) is 10.8 Å². The number of rotatable bonds is 6. The Labute approximate surface area is 103 Å². The number of hydrogen-bond donors (Lipinski definition) is 3. The van der Waals surface area contributed by atoms with Gasteiger partial charge < -0.3 is 16.2 Å². The number of nitrogens with one attached hydrogen (secondary N) is 1. The summed E-state index contributed by atoms with van der Waals surface area (Å²) in [4.78, 5) is 26.3. The molecule has 6 nitrogen and oxygen atoms in total. The van der Waals surface area contributed by atoms with Crippen molar-refractivity contribution in [3.05, 3.63) is 16.1 Å². The Balaban J connectivity index is 2.60. The topological polar surface area (TPSA) is 105 Å². The third kappa shape index (κ3) is 4.12. The van der Waals surface area contributed by atoms with E-state index < -0.39 is 5.97 Å². The molecule has 4 N–H and O–H groups in total. The first-order chi connectivity index (χ1) is 8.06. The first-order valence-corrected chi connectivity index (χ1v) is 6.11. The van der Waals surface area contributed by atoms with E-state index in [1.807, 2.05) is 6.92 Å². The van der Waals surface area contributed by atoms with E-state index in [9.17, 15) is 9.59 Å². The van der Waals surface area contributed by atoms with Crippen molar-refractivity contribution in [1.82, 2.24) is 10.3 Å². The highest BCUT2D eigenvalue weighted by Gasteiger charge is 2.17. The summed E-state index contributed by atoms with van der Waals surface area (Å²) in [6.07, 6.45) is 0.474. The van der Waals surface area contributed by atoms with Gasteiger partial charge >= 0.3 is 5.97 Å². The minimum absolute atomic E-state index is 0.0872. The second kappa shape index (κ2) is 6.31. The van der Waals surface area contributed by atoms with Gasteiger partial charge in [0.2, 0.25) is 0 Å². The van der Waals surface area contributed by atoms with E-state index in [-0.39, 0.29) is 18.4 Å². The molecule has 0 bridgehead atoms. The maximum atomic E-state index is 11.7. The van der Waals surface area contributed by atoms with Crippen molar-refractivity contribution in [3.8, 4) is 0 Å². The lowest BCUT2D eigenvalue weighted by Gasteiger charge is -2.13. The molecule has 1 aromatic heterocycles. The molecule has 1 rings (SSSR count). The average Bonchev–Trinajstić information content (AvgIpc) is 2.75. The maximum Gasteiger partial charge on any atom is 0.305 e. The second-order valence-electron chi connectivity index (χ2n) is 3.51. The smallest absolute Gasteiger partial charge is 0.305 e. The van der Waals surface area contributed by atoms with Crippen LogP contribution in [0.15, 0.2) is 5.38 Å². The van der Waals surface area contributed by atoms with E-state index >= 15 is 0 Å². The molecular formula is C10H15N3O3S. The minimum atomic E-state index is -0.932. The van der Waals surface area contributed by atoms with Gasteiger partial charge in [0, 0.05) is 18.0 Å². The summed E-state index contributed by atoms with van der Waals surface area (Å²) in [5.41, 5.74) is 5.69. The van der Waals surface area contributed by atoms with Crippen molar-refractivity contribution < 1.29 is 14.7 Å². The number of amides is 1. The van der Waals surface area contributed by atoms with Crippen molar-refractivity contribution in [2.75, 3.05) is 0 Å². The molecule has 94 valence electrons. The van der Waals surface area contributed by atoms with E-state index in [0.29, 0.717) is 23.7 Å². The van der Waals surface area contributed by atoms with E-state index in [1.54, 1.807) is 5.38 Å². The molecule has 1 heterocycles. The SMILES string of the molecule is CCC(CC(=O)O)NC(=O)c1csc(CN)n1. The van der Waals surface area contributed by atoms with Crippen molar-refractivity contribution >= 4 is 23.2 Å². The van der Waals surface area contributed by atoms with Crippen LogP contribution in [0.25, 0.3) is 0 Å². The summed E-state index contributed by atoms with van der Waals surface area (Å²) in [5.74, 6) is -1.29. The molecule has 0 aromatic carbocycles. The first-order valence-electron chi connectivity index (χ1n) is 5.24. The van der Waals surface area contributed by atoms with Crippen molar-refractivity contribution in [2.45, 2.75) is 32.4 Å². The van der Waals surface area contributed by atoms with Crippen LogP contribution >= 0.6 is 11.3 Å². The average molecular weight is 257 g/mol. The van der Waals surface area contributed by atoms with Crippen LogP contribution < -0.4 is 11.1 Å². The van der Waals surface area contributed by atoms with Gasteiger partial charge in [-0.1, -0.05) is 6.92 Å². The number of carboxylic acid groups (broad SMARTS) is 1.